The van der Waals surface area contributed by atoms with E-state index in [1.54, 1.807) is 32.9 Å². The second-order valence-corrected chi connectivity index (χ2v) is 4.63. The highest BCUT2D eigenvalue weighted by atomic mass is 19.1. The van der Waals surface area contributed by atoms with E-state index in [9.17, 15) is 4.39 Å². The van der Waals surface area contributed by atoms with Crippen LogP contribution in [0, 0.1) is 19.7 Å². The first-order chi connectivity index (χ1) is 8.97. The monoisotopic (exact) mass is 264 g/mol. The van der Waals surface area contributed by atoms with Gasteiger partial charge in [-0.15, -0.1) is 5.10 Å². The maximum absolute atomic E-state index is 13.5. The molecule has 19 heavy (non-hydrogen) atoms. The summed E-state index contributed by atoms with van der Waals surface area (Å²) < 4.78 is 18.8. The molecule has 0 amide bonds. The first kappa shape index (κ1) is 13.5. The average molecular weight is 264 g/mol. The van der Waals surface area contributed by atoms with Gasteiger partial charge in [0, 0.05) is 6.54 Å². The van der Waals surface area contributed by atoms with Crippen molar-refractivity contribution in [3.63, 3.8) is 0 Å². The Labute approximate surface area is 111 Å². The zero-order valence-corrected chi connectivity index (χ0v) is 11.2. The first-order valence-corrected chi connectivity index (χ1v) is 6.06. The smallest absolute Gasteiger partial charge is 0.315 e. The number of anilines is 1. The van der Waals surface area contributed by atoms with Crippen molar-refractivity contribution in [1.29, 1.82) is 0 Å². The van der Waals surface area contributed by atoms with Crippen LogP contribution in [0.3, 0.4) is 0 Å². The Bertz CT molecular complexity index is 557. The number of benzene rings is 1. The van der Waals surface area contributed by atoms with E-state index >= 15 is 0 Å². The van der Waals surface area contributed by atoms with Crippen molar-refractivity contribution in [1.82, 2.24) is 10.2 Å². The molecule has 0 bridgehead atoms. The summed E-state index contributed by atoms with van der Waals surface area (Å²) in [5.41, 5.74) is 7.83. The van der Waals surface area contributed by atoms with Crippen LogP contribution >= 0.6 is 0 Å². The first-order valence-electron chi connectivity index (χ1n) is 6.06. The number of aryl methyl sites for hydroxylation is 2. The molecule has 1 atom stereocenters. The largest absolute Gasteiger partial charge is 0.406 e. The van der Waals surface area contributed by atoms with Crippen molar-refractivity contribution in [2.24, 2.45) is 5.73 Å². The molecule has 102 valence electrons. The topological polar surface area (TPSA) is 77.0 Å². The number of aromatic nitrogens is 2. The highest BCUT2D eigenvalue weighted by Crippen LogP contribution is 2.16. The van der Waals surface area contributed by atoms with Crippen LogP contribution in [-0.4, -0.2) is 10.2 Å². The van der Waals surface area contributed by atoms with Crippen LogP contribution in [0.5, 0.6) is 0 Å². The number of halogens is 1. The molecule has 1 aromatic carbocycles. The molecule has 0 spiro atoms. The zero-order chi connectivity index (χ0) is 14.0. The summed E-state index contributed by atoms with van der Waals surface area (Å²) >= 11 is 0. The van der Waals surface area contributed by atoms with E-state index in [1.807, 2.05) is 0 Å². The Hall–Kier alpha value is -1.95. The van der Waals surface area contributed by atoms with Crippen molar-refractivity contribution in [2.75, 3.05) is 5.32 Å². The van der Waals surface area contributed by atoms with E-state index in [1.165, 1.54) is 0 Å². The SMILES string of the molecule is Cc1cc(CNc2nnc(C(C)N)o2)cc(C)c1F. The summed E-state index contributed by atoms with van der Waals surface area (Å²) in [4.78, 5) is 0. The molecule has 0 saturated heterocycles. The zero-order valence-electron chi connectivity index (χ0n) is 11.2. The van der Waals surface area contributed by atoms with Gasteiger partial charge in [0.15, 0.2) is 0 Å². The quantitative estimate of drug-likeness (QED) is 0.887. The van der Waals surface area contributed by atoms with E-state index in [0.717, 1.165) is 5.56 Å². The van der Waals surface area contributed by atoms with Crippen LogP contribution in [-0.2, 0) is 6.54 Å². The second kappa shape index (κ2) is 5.36. The molecule has 1 aromatic heterocycles. The molecule has 0 fully saturated rings. The summed E-state index contributed by atoms with van der Waals surface area (Å²) in [6.45, 7) is 5.74. The fourth-order valence-corrected chi connectivity index (χ4v) is 1.81. The molecule has 0 aliphatic rings. The van der Waals surface area contributed by atoms with Gasteiger partial charge in [0.25, 0.3) is 0 Å². The molecule has 0 aliphatic heterocycles. The molecule has 6 heteroatoms. The lowest BCUT2D eigenvalue weighted by atomic mass is 10.1. The summed E-state index contributed by atoms with van der Waals surface area (Å²) in [6, 6.07) is 3.60. The van der Waals surface area contributed by atoms with Gasteiger partial charge in [-0.05, 0) is 37.5 Å². The van der Waals surface area contributed by atoms with Crippen LogP contribution in [0.15, 0.2) is 16.5 Å². The Kier molecular flexibility index (Phi) is 3.80. The molecule has 1 unspecified atom stereocenters. The van der Waals surface area contributed by atoms with E-state index in [4.69, 9.17) is 10.2 Å². The summed E-state index contributed by atoms with van der Waals surface area (Å²) in [6.07, 6.45) is 0. The molecule has 0 saturated carbocycles. The Morgan fingerprint density at radius 1 is 1.32 bits per heavy atom. The Morgan fingerprint density at radius 2 is 1.95 bits per heavy atom. The molecule has 5 nitrogen and oxygen atoms in total. The third-order valence-electron chi connectivity index (χ3n) is 2.77. The van der Waals surface area contributed by atoms with Gasteiger partial charge in [0.05, 0.1) is 6.04 Å². The molecule has 2 aromatic rings. The standard InChI is InChI=1S/C13H17FN4O/c1-7-4-10(5-8(2)11(7)14)6-16-13-18-17-12(19-13)9(3)15/h4-5,9H,6,15H2,1-3H3,(H,16,18). The van der Waals surface area contributed by atoms with Crippen LogP contribution in [0.1, 0.15) is 35.5 Å². The van der Waals surface area contributed by atoms with E-state index in [0.29, 0.717) is 29.6 Å². The molecule has 1 heterocycles. The van der Waals surface area contributed by atoms with Crippen molar-refractivity contribution >= 4 is 6.01 Å². The second-order valence-electron chi connectivity index (χ2n) is 4.63. The lowest BCUT2D eigenvalue weighted by Gasteiger charge is -2.07. The number of rotatable bonds is 4. The molecular formula is C13H17FN4O. The van der Waals surface area contributed by atoms with Gasteiger partial charge < -0.3 is 15.5 Å². The molecule has 3 N–H and O–H groups in total. The van der Waals surface area contributed by atoms with Crippen molar-refractivity contribution in [2.45, 2.75) is 33.4 Å². The highest BCUT2D eigenvalue weighted by Gasteiger charge is 2.10. The lowest BCUT2D eigenvalue weighted by Crippen LogP contribution is -2.04. The van der Waals surface area contributed by atoms with E-state index < -0.39 is 0 Å². The number of nitrogens with two attached hydrogens (primary N) is 1. The van der Waals surface area contributed by atoms with Gasteiger partial charge >= 0.3 is 6.01 Å². The fraction of sp³-hybridized carbons (Fsp3) is 0.385. The number of nitrogens with one attached hydrogen (secondary N) is 1. The van der Waals surface area contributed by atoms with Gasteiger partial charge in [-0.2, -0.15) is 0 Å². The van der Waals surface area contributed by atoms with Crippen LogP contribution in [0.25, 0.3) is 0 Å². The molecule has 0 aliphatic carbocycles. The van der Waals surface area contributed by atoms with Crippen LogP contribution in [0.4, 0.5) is 10.4 Å². The minimum absolute atomic E-state index is 0.166. The predicted octanol–water partition coefficient (Wildman–Crippen LogP) is 2.46. The van der Waals surface area contributed by atoms with Gasteiger partial charge in [0.1, 0.15) is 5.82 Å². The lowest BCUT2D eigenvalue weighted by molar-refractivity contribution is 0.472. The Morgan fingerprint density at radius 3 is 2.47 bits per heavy atom. The summed E-state index contributed by atoms with van der Waals surface area (Å²) in [5.74, 6) is 0.217. The predicted molar refractivity (Wildman–Crippen MR) is 70.1 cm³/mol. The minimum Gasteiger partial charge on any atom is -0.406 e. The van der Waals surface area contributed by atoms with Crippen LogP contribution in [0.2, 0.25) is 0 Å². The van der Waals surface area contributed by atoms with Gasteiger partial charge in [-0.25, -0.2) is 4.39 Å². The van der Waals surface area contributed by atoms with Crippen molar-refractivity contribution in [3.05, 3.63) is 40.5 Å². The van der Waals surface area contributed by atoms with Gasteiger partial charge in [-0.1, -0.05) is 17.2 Å². The summed E-state index contributed by atoms with van der Waals surface area (Å²) in [5, 5.41) is 10.6. The number of nitrogens with zero attached hydrogens (tertiary/aromatic N) is 2. The van der Waals surface area contributed by atoms with Crippen molar-refractivity contribution in [3.8, 4) is 0 Å². The van der Waals surface area contributed by atoms with Crippen molar-refractivity contribution < 1.29 is 8.81 Å². The van der Waals surface area contributed by atoms with Crippen LogP contribution < -0.4 is 11.1 Å². The third-order valence-corrected chi connectivity index (χ3v) is 2.77. The minimum atomic E-state index is -0.293. The van der Waals surface area contributed by atoms with E-state index in [2.05, 4.69) is 15.5 Å². The number of hydrogen-bond acceptors (Lipinski definition) is 5. The number of hydrogen-bond donors (Lipinski definition) is 2. The molecule has 2 rings (SSSR count). The normalized spacial score (nSPS) is 12.5. The van der Waals surface area contributed by atoms with Gasteiger partial charge in [-0.3, -0.25) is 0 Å². The maximum atomic E-state index is 13.5. The van der Waals surface area contributed by atoms with Gasteiger partial charge in [0.2, 0.25) is 5.89 Å². The summed E-state index contributed by atoms with van der Waals surface area (Å²) in [7, 11) is 0. The maximum Gasteiger partial charge on any atom is 0.315 e. The molecular weight excluding hydrogens is 247 g/mol. The highest BCUT2D eigenvalue weighted by molar-refractivity contribution is 5.32. The third kappa shape index (κ3) is 3.08. The Balaban J connectivity index is 2.06. The molecule has 0 radical (unpaired) electrons. The fourth-order valence-electron chi connectivity index (χ4n) is 1.81. The average Bonchev–Trinajstić information content (AvgIpc) is 2.82. The van der Waals surface area contributed by atoms with E-state index in [-0.39, 0.29) is 11.9 Å².